The van der Waals surface area contributed by atoms with Crippen LogP contribution in [-0.2, 0) is 6.54 Å². The maximum atomic E-state index is 5.94. The molecule has 2 aromatic rings. The zero-order chi connectivity index (χ0) is 15.1. The van der Waals surface area contributed by atoms with Gasteiger partial charge in [-0.3, -0.25) is 5.10 Å². The number of halogens is 2. The molecule has 0 spiro atoms. The Balaban J connectivity index is 0.00000104. The first kappa shape index (κ1) is 19.0. The fourth-order valence-electron chi connectivity index (χ4n) is 3.01. The molecule has 0 bridgehead atoms. The first-order valence-electron chi connectivity index (χ1n) is 8.03. The standard InChI is InChI=1S/C16H22N6.2ClH/c1-22(9-13-4-5-18-21-13)15-8-14(11-6-12(17)7-11)19-16(20-15)10-2-3-10;;/h4-5,8,10-12H,2-3,6-7,9,17H2,1H3,(H,18,21);2*1H. The highest BCUT2D eigenvalue weighted by Gasteiger charge is 2.32. The van der Waals surface area contributed by atoms with Crippen molar-refractivity contribution in [2.24, 2.45) is 5.73 Å². The number of rotatable bonds is 5. The third kappa shape index (κ3) is 3.99. The molecule has 2 heterocycles. The molecule has 0 aromatic carbocycles. The van der Waals surface area contributed by atoms with Gasteiger partial charge in [0.15, 0.2) is 0 Å². The van der Waals surface area contributed by atoms with Crippen LogP contribution in [0.3, 0.4) is 0 Å². The van der Waals surface area contributed by atoms with Crippen LogP contribution >= 0.6 is 24.8 Å². The second kappa shape index (κ2) is 7.68. The maximum Gasteiger partial charge on any atom is 0.134 e. The fraction of sp³-hybridized carbons (Fsp3) is 0.562. The minimum absolute atomic E-state index is 0. The lowest BCUT2D eigenvalue weighted by molar-refractivity contribution is 0.344. The lowest BCUT2D eigenvalue weighted by Gasteiger charge is -2.32. The summed E-state index contributed by atoms with van der Waals surface area (Å²) in [7, 11) is 2.07. The SMILES string of the molecule is CN(Cc1ccn[nH]1)c1cc(C2CC(N)C2)nc(C2CC2)n1.Cl.Cl. The molecular weight excluding hydrogens is 347 g/mol. The molecule has 0 aliphatic heterocycles. The first-order valence-corrected chi connectivity index (χ1v) is 8.03. The lowest BCUT2D eigenvalue weighted by atomic mass is 9.78. The highest BCUT2D eigenvalue weighted by Crippen LogP contribution is 2.41. The van der Waals surface area contributed by atoms with E-state index in [4.69, 9.17) is 15.7 Å². The van der Waals surface area contributed by atoms with E-state index in [1.165, 1.54) is 18.5 Å². The molecule has 2 aliphatic rings. The van der Waals surface area contributed by atoms with E-state index < -0.39 is 0 Å². The second-order valence-electron chi connectivity index (χ2n) is 6.65. The molecule has 8 heteroatoms. The van der Waals surface area contributed by atoms with Crippen LogP contribution in [0.15, 0.2) is 18.3 Å². The van der Waals surface area contributed by atoms with Gasteiger partial charge < -0.3 is 10.6 Å². The summed E-state index contributed by atoms with van der Waals surface area (Å²) in [5.41, 5.74) is 8.20. The predicted octanol–water partition coefficient (Wildman–Crippen LogP) is 2.76. The van der Waals surface area contributed by atoms with E-state index in [1.807, 2.05) is 6.07 Å². The van der Waals surface area contributed by atoms with Gasteiger partial charge in [0, 0.05) is 42.9 Å². The summed E-state index contributed by atoms with van der Waals surface area (Å²) in [6.07, 6.45) is 6.31. The van der Waals surface area contributed by atoms with E-state index in [9.17, 15) is 0 Å². The molecule has 24 heavy (non-hydrogen) atoms. The maximum absolute atomic E-state index is 5.94. The summed E-state index contributed by atoms with van der Waals surface area (Å²) in [6, 6.07) is 4.47. The Morgan fingerprint density at radius 3 is 2.54 bits per heavy atom. The largest absolute Gasteiger partial charge is 0.354 e. The van der Waals surface area contributed by atoms with Gasteiger partial charge in [-0.05, 0) is 31.7 Å². The summed E-state index contributed by atoms with van der Waals surface area (Å²) in [5.74, 6) is 3.09. The molecule has 2 saturated carbocycles. The number of hydrogen-bond acceptors (Lipinski definition) is 5. The number of aromatic nitrogens is 4. The number of nitrogens with one attached hydrogen (secondary N) is 1. The Hall–Kier alpha value is -1.37. The summed E-state index contributed by atoms with van der Waals surface area (Å²) in [5, 5.41) is 7.00. The van der Waals surface area contributed by atoms with Crippen molar-refractivity contribution in [1.29, 1.82) is 0 Å². The summed E-state index contributed by atoms with van der Waals surface area (Å²) in [6.45, 7) is 0.769. The number of hydrogen-bond donors (Lipinski definition) is 2. The van der Waals surface area contributed by atoms with Crippen molar-refractivity contribution in [3.05, 3.63) is 35.5 Å². The van der Waals surface area contributed by atoms with E-state index >= 15 is 0 Å². The zero-order valence-corrected chi connectivity index (χ0v) is 15.3. The Morgan fingerprint density at radius 1 is 1.21 bits per heavy atom. The number of aromatic amines is 1. The summed E-state index contributed by atoms with van der Waals surface area (Å²) in [4.78, 5) is 11.8. The molecule has 2 aliphatic carbocycles. The van der Waals surface area contributed by atoms with Crippen LogP contribution in [0.4, 0.5) is 5.82 Å². The fourth-order valence-corrected chi connectivity index (χ4v) is 3.01. The third-order valence-electron chi connectivity index (χ3n) is 4.64. The van der Waals surface area contributed by atoms with Crippen LogP contribution in [0.2, 0.25) is 0 Å². The highest BCUT2D eigenvalue weighted by atomic mass is 35.5. The molecule has 0 saturated heterocycles. The topological polar surface area (TPSA) is 83.7 Å². The van der Waals surface area contributed by atoms with Gasteiger partial charge >= 0.3 is 0 Å². The number of nitrogens with zero attached hydrogens (tertiary/aromatic N) is 4. The van der Waals surface area contributed by atoms with Crippen molar-refractivity contribution in [2.75, 3.05) is 11.9 Å². The average Bonchev–Trinajstić information content (AvgIpc) is 3.22. The van der Waals surface area contributed by atoms with Gasteiger partial charge in [-0.25, -0.2) is 9.97 Å². The summed E-state index contributed by atoms with van der Waals surface area (Å²) >= 11 is 0. The molecule has 0 radical (unpaired) electrons. The molecule has 4 rings (SSSR count). The van der Waals surface area contributed by atoms with Crippen LogP contribution in [-0.4, -0.2) is 33.3 Å². The zero-order valence-electron chi connectivity index (χ0n) is 13.7. The van der Waals surface area contributed by atoms with E-state index in [1.54, 1.807) is 6.20 Å². The van der Waals surface area contributed by atoms with Gasteiger partial charge in [-0.15, -0.1) is 24.8 Å². The quantitative estimate of drug-likeness (QED) is 0.844. The first-order chi connectivity index (χ1) is 10.7. The molecule has 3 N–H and O–H groups in total. The Bertz CT molecular complexity index is 653. The van der Waals surface area contributed by atoms with Crippen LogP contribution in [0.5, 0.6) is 0 Å². The minimum atomic E-state index is 0. The van der Waals surface area contributed by atoms with Crippen molar-refractivity contribution >= 4 is 30.6 Å². The van der Waals surface area contributed by atoms with E-state index in [0.29, 0.717) is 17.9 Å². The molecule has 0 atom stereocenters. The second-order valence-corrected chi connectivity index (χ2v) is 6.65. The molecule has 0 unspecified atom stereocenters. The van der Waals surface area contributed by atoms with Crippen LogP contribution in [0, 0.1) is 0 Å². The van der Waals surface area contributed by atoms with Crippen molar-refractivity contribution < 1.29 is 0 Å². The molecule has 0 amide bonds. The van der Waals surface area contributed by atoms with Crippen LogP contribution in [0.1, 0.15) is 54.7 Å². The molecule has 132 valence electrons. The Labute approximate surface area is 154 Å². The minimum Gasteiger partial charge on any atom is -0.354 e. The van der Waals surface area contributed by atoms with Gasteiger partial charge in [0.05, 0.1) is 12.2 Å². The van der Waals surface area contributed by atoms with Crippen molar-refractivity contribution in [3.63, 3.8) is 0 Å². The summed E-state index contributed by atoms with van der Waals surface area (Å²) < 4.78 is 0. The van der Waals surface area contributed by atoms with Gasteiger partial charge in [-0.2, -0.15) is 5.10 Å². The van der Waals surface area contributed by atoms with E-state index in [2.05, 4.69) is 28.2 Å². The number of nitrogens with two attached hydrogens (primary N) is 1. The van der Waals surface area contributed by atoms with Gasteiger partial charge in [0.2, 0.25) is 0 Å². The molecular formula is C16H24Cl2N6. The van der Waals surface area contributed by atoms with Gasteiger partial charge in [0.1, 0.15) is 11.6 Å². The molecule has 2 aromatic heterocycles. The molecule has 6 nitrogen and oxygen atoms in total. The highest BCUT2D eigenvalue weighted by molar-refractivity contribution is 5.85. The van der Waals surface area contributed by atoms with Crippen molar-refractivity contribution in [1.82, 2.24) is 20.2 Å². The van der Waals surface area contributed by atoms with E-state index in [-0.39, 0.29) is 24.8 Å². The van der Waals surface area contributed by atoms with Gasteiger partial charge in [-0.1, -0.05) is 0 Å². The van der Waals surface area contributed by atoms with E-state index in [0.717, 1.165) is 36.7 Å². The Morgan fingerprint density at radius 2 is 1.96 bits per heavy atom. The van der Waals surface area contributed by atoms with Gasteiger partial charge in [0.25, 0.3) is 0 Å². The van der Waals surface area contributed by atoms with Crippen molar-refractivity contribution in [2.45, 2.75) is 50.1 Å². The Kier molecular flexibility index (Phi) is 6.06. The van der Waals surface area contributed by atoms with Crippen LogP contribution < -0.4 is 10.6 Å². The average molecular weight is 371 g/mol. The number of anilines is 1. The third-order valence-corrected chi connectivity index (χ3v) is 4.64. The molecule has 2 fully saturated rings. The predicted molar refractivity (Wildman–Crippen MR) is 99.1 cm³/mol. The lowest BCUT2D eigenvalue weighted by Crippen LogP contribution is -2.35. The van der Waals surface area contributed by atoms with Crippen molar-refractivity contribution in [3.8, 4) is 0 Å². The smallest absolute Gasteiger partial charge is 0.134 e. The monoisotopic (exact) mass is 370 g/mol. The van der Waals surface area contributed by atoms with Crippen LogP contribution in [0.25, 0.3) is 0 Å². The normalized spacial score (nSPS) is 22.1. The number of H-pyrrole nitrogens is 1.